The number of amides is 1. The van der Waals surface area contributed by atoms with Gasteiger partial charge in [-0.2, -0.15) is 0 Å². The summed E-state index contributed by atoms with van der Waals surface area (Å²) >= 11 is 7.19. The lowest BCUT2D eigenvalue weighted by Crippen LogP contribution is -2.11. The number of hydrogen-bond acceptors (Lipinski definition) is 4. The largest absolute Gasteiger partial charge is 0.296 e. The summed E-state index contributed by atoms with van der Waals surface area (Å²) in [5, 5.41) is 12.7. The maximum atomic E-state index is 12.2. The minimum atomic E-state index is -0.192. The van der Waals surface area contributed by atoms with Gasteiger partial charge in [0, 0.05) is 16.1 Å². The molecule has 0 aliphatic heterocycles. The van der Waals surface area contributed by atoms with E-state index in [0.717, 1.165) is 16.1 Å². The van der Waals surface area contributed by atoms with Crippen molar-refractivity contribution in [2.45, 2.75) is 6.92 Å². The normalized spacial score (nSPS) is 10.5. The third kappa shape index (κ3) is 3.32. The van der Waals surface area contributed by atoms with E-state index in [0.29, 0.717) is 15.7 Å². The molecule has 0 fully saturated rings. The van der Waals surface area contributed by atoms with Crippen molar-refractivity contribution in [3.05, 3.63) is 64.7 Å². The van der Waals surface area contributed by atoms with Crippen molar-refractivity contribution in [3.8, 4) is 10.6 Å². The molecular weight excluding hydrogens is 318 g/mol. The number of aryl methyl sites for hydroxylation is 1. The van der Waals surface area contributed by atoms with Gasteiger partial charge in [0.15, 0.2) is 0 Å². The number of aromatic nitrogens is 2. The summed E-state index contributed by atoms with van der Waals surface area (Å²) in [6.07, 6.45) is 0. The molecule has 2 aromatic carbocycles. The molecule has 6 heteroatoms. The van der Waals surface area contributed by atoms with Gasteiger partial charge in [0.1, 0.15) is 5.01 Å². The Morgan fingerprint density at radius 3 is 2.64 bits per heavy atom. The SMILES string of the molecule is Cc1cccc(C(=O)Nc2nnc(-c3ccc(Cl)cc3)s2)c1. The number of carbonyl (C=O) groups is 1. The van der Waals surface area contributed by atoms with Crippen LogP contribution in [0.4, 0.5) is 5.13 Å². The van der Waals surface area contributed by atoms with E-state index in [9.17, 15) is 4.79 Å². The molecular formula is C16H12ClN3OS. The first-order valence-corrected chi connectivity index (χ1v) is 7.79. The fraction of sp³-hybridized carbons (Fsp3) is 0.0625. The molecule has 1 N–H and O–H groups in total. The molecule has 0 radical (unpaired) electrons. The van der Waals surface area contributed by atoms with Crippen LogP contribution in [0.2, 0.25) is 5.02 Å². The van der Waals surface area contributed by atoms with E-state index in [2.05, 4.69) is 15.5 Å². The van der Waals surface area contributed by atoms with Crippen molar-refractivity contribution >= 4 is 34.0 Å². The molecule has 0 spiro atoms. The molecule has 1 aromatic heterocycles. The van der Waals surface area contributed by atoms with Crippen molar-refractivity contribution in [1.29, 1.82) is 0 Å². The fourth-order valence-electron chi connectivity index (χ4n) is 1.94. The van der Waals surface area contributed by atoms with Crippen molar-refractivity contribution in [3.63, 3.8) is 0 Å². The number of nitrogens with one attached hydrogen (secondary N) is 1. The molecule has 0 aliphatic carbocycles. The Balaban J connectivity index is 1.77. The summed E-state index contributed by atoms with van der Waals surface area (Å²) in [5.74, 6) is -0.192. The second-order valence-electron chi connectivity index (χ2n) is 4.74. The first kappa shape index (κ1) is 14.7. The van der Waals surface area contributed by atoms with E-state index >= 15 is 0 Å². The Labute approximate surface area is 136 Å². The van der Waals surface area contributed by atoms with Gasteiger partial charge in [0.05, 0.1) is 0 Å². The van der Waals surface area contributed by atoms with E-state index < -0.39 is 0 Å². The minimum absolute atomic E-state index is 0.192. The highest BCUT2D eigenvalue weighted by atomic mass is 35.5. The first-order valence-electron chi connectivity index (χ1n) is 6.59. The lowest BCUT2D eigenvalue weighted by atomic mass is 10.1. The van der Waals surface area contributed by atoms with Crippen molar-refractivity contribution in [2.24, 2.45) is 0 Å². The van der Waals surface area contributed by atoms with Crippen LogP contribution in [0.3, 0.4) is 0 Å². The van der Waals surface area contributed by atoms with Gasteiger partial charge in [-0.1, -0.05) is 52.8 Å². The van der Waals surface area contributed by atoms with Gasteiger partial charge in [-0.3, -0.25) is 10.1 Å². The van der Waals surface area contributed by atoms with E-state index in [4.69, 9.17) is 11.6 Å². The van der Waals surface area contributed by atoms with E-state index in [-0.39, 0.29) is 5.91 Å². The maximum absolute atomic E-state index is 12.2. The van der Waals surface area contributed by atoms with Crippen LogP contribution < -0.4 is 5.32 Å². The van der Waals surface area contributed by atoms with Crippen LogP contribution in [0.15, 0.2) is 48.5 Å². The van der Waals surface area contributed by atoms with Gasteiger partial charge in [0.2, 0.25) is 5.13 Å². The van der Waals surface area contributed by atoms with Crippen LogP contribution in [-0.4, -0.2) is 16.1 Å². The predicted octanol–water partition coefficient (Wildman–Crippen LogP) is 4.42. The molecule has 0 saturated heterocycles. The van der Waals surface area contributed by atoms with Crippen molar-refractivity contribution < 1.29 is 4.79 Å². The summed E-state index contributed by atoms with van der Waals surface area (Å²) in [6.45, 7) is 1.94. The van der Waals surface area contributed by atoms with Gasteiger partial charge < -0.3 is 0 Å². The molecule has 0 bridgehead atoms. The summed E-state index contributed by atoms with van der Waals surface area (Å²) in [6, 6.07) is 14.7. The zero-order valence-corrected chi connectivity index (χ0v) is 13.3. The highest BCUT2D eigenvalue weighted by Gasteiger charge is 2.11. The minimum Gasteiger partial charge on any atom is -0.296 e. The summed E-state index contributed by atoms with van der Waals surface area (Å²) in [4.78, 5) is 12.2. The standard InChI is InChI=1S/C16H12ClN3OS/c1-10-3-2-4-12(9-10)14(21)18-16-20-19-15(22-16)11-5-7-13(17)8-6-11/h2-9H,1H3,(H,18,20,21). The fourth-order valence-corrected chi connectivity index (χ4v) is 2.81. The molecule has 3 aromatic rings. The Bertz CT molecular complexity index is 814. The lowest BCUT2D eigenvalue weighted by molar-refractivity contribution is 0.102. The van der Waals surface area contributed by atoms with Crippen LogP contribution in [-0.2, 0) is 0 Å². The topological polar surface area (TPSA) is 54.9 Å². The molecule has 22 heavy (non-hydrogen) atoms. The van der Waals surface area contributed by atoms with Crippen LogP contribution in [0.25, 0.3) is 10.6 Å². The third-order valence-corrected chi connectivity index (χ3v) is 4.16. The Morgan fingerprint density at radius 1 is 1.14 bits per heavy atom. The number of carbonyl (C=O) groups excluding carboxylic acids is 1. The van der Waals surface area contributed by atoms with Gasteiger partial charge in [-0.25, -0.2) is 0 Å². The maximum Gasteiger partial charge on any atom is 0.257 e. The quantitative estimate of drug-likeness (QED) is 0.774. The second kappa shape index (κ2) is 6.25. The molecule has 1 amide bonds. The third-order valence-electron chi connectivity index (χ3n) is 3.02. The Kier molecular flexibility index (Phi) is 4.18. The van der Waals surface area contributed by atoms with Crippen LogP contribution in [0, 0.1) is 6.92 Å². The average Bonchev–Trinajstić information content (AvgIpc) is 2.96. The zero-order chi connectivity index (χ0) is 15.5. The zero-order valence-electron chi connectivity index (χ0n) is 11.7. The predicted molar refractivity (Wildman–Crippen MR) is 89.5 cm³/mol. The number of anilines is 1. The number of halogens is 1. The van der Waals surface area contributed by atoms with Crippen LogP contribution in [0.5, 0.6) is 0 Å². The molecule has 110 valence electrons. The molecule has 4 nitrogen and oxygen atoms in total. The summed E-state index contributed by atoms with van der Waals surface area (Å²) in [7, 11) is 0. The van der Waals surface area contributed by atoms with Crippen LogP contribution in [0.1, 0.15) is 15.9 Å². The van der Waals surface area contributed by atoms with E-state index in [1.54, 1.807) is 18.2 Å². The smallest absolute Gasteiger partial charge is 0.257 e. The average molecular weight is 330 g/mol. The number of benzene rings is 2. The molecule has 3 rings (SSSR count). The van der Waals surface area contributed by atoms with Crippen LogP contribution >= 0.6 is 22.9 Å². The van der Waals surface area contributed by atoms with Gasteiger partial charge in [-0.05, 0) is 31.2 Å². The van der Waals surface area contributed by atoms with E-state index in [1.165, 1.54) is 11.3 Å². The first-order chi connectivity index (χ1) is 10.6. The molecule has 0 saturated carbocycles. The number of hydrogen-bond donors (Lipinski definition) is 1. The molecule has 0 aliphatic rings. The number of nitrogens with zero attached hydrogens (tertiary/aromatic N) is 2. The van der Waals surface area contributed by atoms with Crippen molar-refractivity contribution in [2.75, 3.05) is 5.32 Å². The summed E-state index contributed by atoms with van der Waals surface area (Å²) < 4.78 is 0. The van der Waals surface area contributed by atoms with Crippen molar-refractivity contribution in [1.82, 2.24) is 10.2 Å². The molecule has 1 heterocycles. The molecule has 0 atom stereocenters. The highest BCUT2D eigenvalue weighted by Crippen LogP contribution is 2.27. The van der Waals surface area contributed by atoms with Gasteiger partial charge >= 0.3 is 0 Å². The second-order valence-corrected chi connectivity index (χ2v) is 6.16. The van der Waals surface area contributed by atoms with Gasteiger partial charge in [-0.15, -0.1) is 10.2 Å². The van der Waals surface area contributed by atoms with E-state index in [1.807, 2.05) is 37.3 Å². The summed E-state index contributed by atoms with van der Waals surface area (Å²) in [5.41, 5.74) is 2.55. The molecule has 0 unspecified atom stereocenters. The Hall–Kier alpha value is -2.24. The Morgan fingerprint density at radius 2 is 1.91 bits per heavy atom. The van der Waals surface area contributed by atoms with Gasteiger partial charge in [0.25, 0.3) is 5.91 Å². The number of rotatable bonds is 3. The highest BCUT2D eigenvalue weighted by molar-refractivity contribution is 7.18. The monoisotopic (exact) mass is 329 g/mol. The lowest BCUT2D eigenvalue weighted by Gasteiger charge is -2.01.